The van der Waals surface area contributed by atoms with Gasteiger partial charge in [-0.25, -0.2) is 9.50 Å². The van der Waals surface area contributed by atoms with Crippen LogP contribution in [0.2, 0.25) is 10.0 Å². The van der Waals surface area contributed by atoms with Crippen molar-refractivity contribution in [3.8, 4) is 11.3 Å². The van der Waals surface area contributed by atoms with Crippen LogP contribution in [-0.4, -0.2) is 56.5 Å². The van der Waals surface area contributed by atoms with E-state index in [-0.39, 0.29) is 5.91 Å². The number of aryl methyl sites for hydroxylation is 1. The van der Waals surface area contributed by atoms with Gasteiger partial charge in [0.2, 0.25) is 0 Å². The summed E-state index contributed by atoms with van der Waals surface area (Å²) in [7, 11) is 0. The molecule has 6 nitrogen and oxygen atoms in total. The van der Waals surface area contributed by atoms with Crippen molar-refractivity contribution < 1.29 is 4.79 Å². The summed E-state index contributed by atoms with van der Waals surface area (Å²) in [4.78, 5) is 22.0. The third-order valence-corrected chi connectivity index (χ3v) is 6.77. The molecule has 168 valence electrons. The molecule has 0 saturated carbocycles. The van der Waals surface area contributed by atoms with Gasteiger partial charge in [0.1, 0.15) is 5.56 Å². The van der Waals surface area contributed by atoms with E-state index in [2.05, 4.69) is 46.2 Å². The second-order valence-electron chi connectivity index (χ2n) is 8.31. The summed E-state index contributed by atoms with van der Waals surface area (Å²) in [5.41, 5.74) is 5.35. The lowest BCUT2D eigenvalue weighted by atomic mass is 10.1. The topological polar surface area (TPSA) is 53.7 Å². The van der Waals surface area contributed by atoms with E-state index < -0.39 is 0 Å². The fraction of sp³-hybridized carbons (Fsp3) is 0.240. The highest BCUT2D eigenvalue weighted by Crippen LogP contribution is 2.24. The molecular weight excluding hydrogens is 457 g/mol. The molecule has 0 radical (unpaired) electrons. The first-order valence-electron chi connectivity index (χ1n) is 10.8. The van der Waals surface area contributed by atoms with Gasteiger partial charge >= 0.3 is 0 Å². The zero-order valence-corrected chi connectivity index (χ0v) is 19.7. The molecule has 1 amide bonds. The first kappa shape index (κ1) is 21.9. The highest BCUT2D eigenvalue weighted by molar-refractivity contribution is 6.42. The molecule has 1 aliphatic heterocycles. The molecule has 2 aromatic carbocycles. The van der Waals surface area contributed by atoms with E-state index in [0.29, 0.717) is 34.3 Å². The minimum Gasteiger partial charge on any atom is -0.336 e. The quantitative estimate of drug-likeness (QED) is 0.414. The Labute approximate surface area is 202 Å². The molecule has 1 fully saturated rings. The SMILES string of the molecule is Cc1ccc(-c2ccnc3c(C(=O)N4CCN(Cc5ccc(Cl)c(Cl)c5)CC4)cnn23)cc1. The van der Waals surface area contributed by atoms with Crippen LogP contribution < -0.4 is 0 Å². The third kappa shape index (κ3) is 4.47. The molecule has 5 rings (SSSR count). The Morgan fingerprint density at radius 1 is 0.970 bits per heavy atom. The molecule has 0 unspecified atom stereocenters. The minimum absolute atomic E-state index is 0.0345. The molecule has 0 spiro atoms. The Kier molecular flexibility index (Phi) is 6.06. The van der Waals surface area contributed by atoms with Gasteiger partial charge in [0.05, 0.1) is 21.9 Å². The van der Waals surface area contributed by atoms with Gasteiger partial charge in [-0.2, -0.15) is 5.10 Å². The Morgan fingerprint density at radius 2 is 1.73 bits per heavy atom. The van der Waals surface area contributed by atoms with Gasteiger partial charge in [-0.3, -0.25) is 9.69 Å². The average Bonchev–Trinajstić information content (AvgIpc) is 3.26. The van der Waals surface area contributed by atoms with Crippen LogP contribution in [0, 0.1) is 6.92 Å². The second kappa shape index (κ2) is 9.14. The van der Waals surface area contributed by atoms with Gasteiger partial charge in [-0.1, -0.05) is 59.1 Å². The summed E-state index contributed by atoms with van der Waals surface area (Å²) >= 11 is 12.2. The molecule has 0 atom stereocenters. The Bertz CT molecular complexity index is 1310. The molecule has 8 heteroatoms. The van der Waals surface area contributed by atoms with Crippen LogP contribution in [0.15, 0.2) is 60.9 Å². The van der Waals surface area contributed by atoms with E-state index in [1.165, 1.54) is 5.56 Å². The van der Waals surface area contributed by atoms with E-state index in [1.54, 1.807) is 16.9 Å². The number of amides is 1. The highest BCUT2D eigenvalue weighted by atomic mass is 35.5. The molecule has 0 aliphatic carbocycles. The van der Waals surface area contributed by atoms with E-state index in [0.717, 1.165) is 36.5 Å². The molecule has 4 aromatic rings. The molecule has 3 heterocycles. The zero-order chi connectivity index (χ0) is 22.9. The monoisotopic (exact) mass is 479 g/mol. The number of nitrogens with zero attached hydrogens (tertiary/aromatic N) is 5. The summed E-state index contributed by atoms with van der Waals surface area (Å²) in [5.74, 6) is -0.0345. The second-order valence-corrected chi connectivity index (χ2v) is 9.12. The largest absolute Gasteiger partial charge is 0.336 e. The fourth-order valence-corrected chi connectivity index (χ4v) is 4.48. The lowest BCUT2D eigenvalue weighted by Gasteiger charge is -2.34. The van der Waals surface area contributed by atoms with Gasteiger partial charge in [0.25, 0.3) is 5.91 Å². The summed E-state index contributed by atoms with van der Waals surface area (Å²) in [6.45, 7) is 5.70. The maximum absolute atomic E-state index is 13.3. The van der Waals surface area contributed by atoms with Crippen molar-refractivity contribution in [1.82, 2.24) is 24.4 Å². The number of fused-ring (bicyclic) bond motifs is 1. The standard InChI is InChI=1S/C25H23Cl2N5O/c1-17-2-5-19(6-3-17)23-8-9-28-24-20(15-29-32(23)24)25(33)31-12-10-30(11-13-31)16-18-4-7-21(26)22(27)14-18/h2-9,14-15H,10-13,16H2,1H3. The van der Waals surface area contributed by atoms with Crippen molar-refractivity contribution in [3.05, 3.63) is 87.7 Å². The van der Waals surface area contributed by atoms with Crippen LogP contribution in [-0.2, 0) is 6.54 Å². The lowest BCUT2D eigenvalue weighted by molar-refractivity contribution is 0.0630. The molecule has 2 aromatic heterocycles. The fourth-order valence-electron chi connectivity index (χ4n) is 4.16. The van der Waals surface area contributed by atoms with Crippen molar-refractivity contribution in [2.45, 2.75) is 13.5 Å². The number of hydrogen-bond donors (Lipinski definition) is 0. The van der Waals surface area contributed by atoms with E-state index in [1.807, 2.05) is 29.2 Å². The van der Waals surface area contributed by atoms with Gasteiger partial charge in [-0.15, -0.1) is 0 Å². The van der Waals surface area contributed by atoms with Crippen LogP contribution in [0.5, 0.6) is 0 Å². The predicted octanol–water partition coefficient (Wildman–Crippen LogP) is 4.97. The summed E-state index contributed by atoms with van der Waals surface area (Å²) in [5, 5.41) is 5.61. The number of benzene rings is 2. The highest BCUT2D eigenvalue weighted by Gasteiger charge is 2.25. The first-order chi connectivity index (χ1) is 16.0. The average molecular weight is 480 g/mol. The van der Waals surface area contributed by atoms with Crippen molar-refractivity contribution in [2.75, 3.05) is 26.2 Å². The number of carbonyl (C=O) groups excluding carboxylic acids is 1. The van der Waals surface area contributed by atoms with Crippen LogP contribution in [0.4, 0.5) is 0 Å². The van der Waals surface area contributed by atoms with Gasteiger partial charge in [0, 0.05) is 44.5 Å². The van der Waals surface area contributed by atoms with Gasteiger partial charge in [0.15, 0.2) is 5.65 Å². The maximum atomic E-state index is 13.3. The molecular formula is C25H23Cl2N5O. The summed E-state index contributed by atoms with van der Waals surface area (Å²) in [6.07, 6.45) is 3.36. The first-order valence-corrected chi connectivity index (χ1v) is 11.6. The van der Waals surface area contributed by atoms with Crippen LogP contribution >= 0.6 is 23.2 Å². The number of aromatic nitrogens is 3. The predicted molar refractivity (Wildman–Crippen MR) is 131 cm³/mol. The number of rotatable bonds is 4. The lowest BCUT2D eigenvalue weighted by Crippen LogP contribution is -2.48. The smallest absolute Gasteiger partial charge is 0.259 e. The van der Waals surface area contributed by atoms with Crippen molar-refractivity contribution in [2.24, 2.45) is 0 Å². The molecule has 0 bridgehead atoms. The molecule has 1 saturated heterocycles. The Balaban J connectivity index is 1.30. The molecule has 1 aliphatic rings. The van der Waals surface area contributed by atoms with Gasteiger partial charge < -0.3 is 4.90 Å². The minimum atomic E-state index is -0.0345. The number of piperazine rings is 1. The van der Waals surface area contributed by atoms with Crippen molar-refractivity contribution in [1.29, 1.82) is 0 Å². The normalized spacial score (nSPS) is 14.7. The number of hydrogen-bond acceptors (Lipinski definition) is 4. The number of halogens is 2. The Morgan fingerprint density at radius 3 is 2.45 bits per heavy atom. The zero-order valence-electron chi connectivity index (χ0n) is 18.2. The Hall–Kier alpha value is -2.93. The van der Waals surface area contributed by atoms with E-state index >= 15 is 0 Å². The molecule has 0 N–H and O–H groups in total. The number of carbonyl (C=O) groups is 1. The summed E-state index contributed by atoms with van der Waals surface area (Å²) in [6, 6.07) is 15.9. The van der Waals surface area contributed by atoms with Crippen LogP contribution in [0.25, 0.3) is 16.9 Å². The molecule has 33 heavy (non-hydrogen) atoms. The van der Waals surface area contributed by atoms with Gasteiger partial charge in [-0.05, 0) is 30.7 Å². The summed E-state index contributed by atoms with van der Waals surface area (Å²) < 4.78 is 1.75. The van der Waals surface area contributed by atoms with E-state index in [4.69, 9.17) is 23.2 Å². The third-order valence-electron chi connectivity index (χ3n) is 6.03. The van der Waals surface area contributed by atoms with Crippen molar-refractivity contribution in [3.63, 3.8) is 0 Å². The maximum Gasteiger partial charge on any atom is 0.259 e. The van der Waals surface area contributed by atoms with E-state index in [9.17, 15) is 4.79 Å². The van der Waals surface area contributed by atoms with Crippen LogP contribution in [0.3, 0.4) is 0 Å². The van der Waals surface area contributed by atoms with Crippen molar-refractivity contribution >= 4 is 34.8 Å². The van der Waals surface area contributed by atoms with Crippen LogP contribution in [0.1, 0.15) is 21.5 Å².